The van der Waals surface area contributed by atoms with Crippen molar-refractivity contribution in [2.45, 2.75) is 123 Å². The van der Waals surface area contributed by atoms with E-state index >= 15 is 0 Å². The summed E-state index contributed by atoms with van der Waals surface area (Å²) in [4.78, 5) is 11.1. The Kier molecular flexibility index (Phi) is 9.41. The smallest absolute Gasteiger partial charge is 0.302 e. The molecule has 0 aromatic heterocycles. The van der Waals surface area contributed by atoms with Crippen LogP contribution in [0.3, 0.4) is 0 Å². The summed E-state index contributed by atoms with van der Waals surface area (Å²) in [5.41, 5.74) is 0. The molecule has 4 atom stereocenters. The molecule has 30 heavy (non-hydrogen) atoms. The van der Waals surface area contributed by atoms with Crippen LogP contribution in [0.15, 0.2) is 0 Å². The third-order valence-corrected chi connectivity index (χ3v) is 16.4. The van der Waals surface area contributed by atoms with Gasteiger partial charge in [0.25, 0.3) is 0 Å². The van der Waals surface area contributed by atoms with Gasteiger partial charge in [0.05, 0.1) is 25.4 Å². The average molecular weight is 461 g/mol. The van der Waals surface area contributed by atoms with Crippen LogP contribution >= 0.6 is 0 Å². The van der Waals surface area contributed by atoms with E-state index < -0.39 is 16.6 Å². The van der Waals surface area contributed by atoms with Crippen molar-refractivity contribution in [3.8, 4) is 0 Å². The molecule has 5 nitrogen and oxygen atoms in total. The Hall–Kier alpha value is -0.216. The molecule has 0 aromatic carbocycles. The Morgan fingerprint density at radius 3 is 1.97 bits per heavy atom. The minimum atomic E-state index is -1.93. The van der Waals surface area contributed by atoms with Gasteiger partial charge in [-0.15, -0.1) is 0 Å². The molecular weight excluding hydrogens is 412 g/mol. The molecule has 1 aliphatic heterocycles. The number of hydrogen-bond donors (Lipinski definition) is 0. The van der Waals surface area contributed by atoms with Crippen molar-refractivity contribution in [3.63, 3.8) is 0 Å². The first kappa shape index (κ1) is 27.8. The summed E-state index contributed by atoms with van der Waals surface area (Å²) in [6.07, 6.45) is 1.66. The fraction of sp³-hybridized carbons (Fsp3) is 0.957. The van der Waals surface area contributed by atoms with Crippen molar-refractivity contribution in [1.29, 1.82) is 0 Å². The molecule has 0 aliphatic carbocycles. The van der Waals surface area contributed by atoms with Gasteiger partial charge < -0.3 is 18.3 Å². The van der Waals surface area contributed by atoms with Crippen LogP contribution in [-0.2, 0) is 23.1 Å². The van der Waals surface area contributed by atoms with Crippen molar-refractivity contribution < 1.29 is 23.1 Å². The quantitative estimate of drug-likeness (QED) is 0.321. The third kappa shape index (κ3) is 7.73. The Morgan fingerprint density at radius 2 is 1.50 bits per heavy atom. The van der Waals surface area contributed by atoms with E-state index in [2.05, 4.69) is 74.7 Å². The van der Waals surface area contributed by atoms with Crippen LogP contribution in [0.4, 0.5) is 0 Å². The number of rotatable bonds is 8. The predicted octanol–water partition coefficient (Wildman–Crippen LogP) is 6.15. The molecule has 0 saturated carbocycles. The Balaban J connectivity index is 2.97. The zero-order chi connectivity index (χ0) is 23.5. The van der Waals surface area contributed by atoms with E-state index in [4.69, 9.17) is 18.3 Å². The molecule has 0 bridgehead atoms. The average Bonchev–Trinajstić information content (AvgIpc) is 2.53. The summed E-state index contributed by atoms with van der Waals surface area (Å²) in [5.74, 6) is 0.106. The van der Waals surface area contributed by atoms with Gasteiger partial charge in [0.1, 0.15) is 6.10 Å². The van der Waals surface area contributed by atoms with E-state index in [1.807, 2.05) is 0 Å². The summed E-state index contributed by atoms with van der Waals surface area (Å²) >= 11 is 0. The summed E-state index contributed by atoms with van der Waals surface area (Å²) in [6.45, 7) is 27.4. The van der Waals surface area contributed by atoms with Gasteiger partial charge in [0, 0.05) is 13.3 Å². The molecular formula is C23H48O5Si2. The monoisotopic (exact) mass is 460 g/mol. The van der Waals surface area contributed by atoms with E-state index in [0.29, 0.717) is 25.6 Å². The molecule has 0 amide bonds. The topological polar surface area (TPSA) is 54.0 Å². The van der Waals surface area contributed by atoms with Crippen LogP contribution in [0.1, 0.15) is 68.2 Å². The van der Waals surface area contributed by atoms with E-state index in [0.717, 1.165) is 6.42 Å². The van der Waals surface area contributed by atoms with E-state index in [-0.39, 0.29) is 34.4 Å². The van der Waals surface area contributed by atoms with Gasteiger partial charge in [-0.3, -0.25) is 4.79 Å². The highest BCUT2D eigenvalue weighted by Gasteiger charge is 2.45. The molecule has 0 radical (unpaired) electrons. The van der Waals surface area contributed by atoms with Crippen molar-refractivity contribution in [2.75, 3.05) is 13.2 Å². The molecule has 1 saturated heterocycles. The molecule has 178 valence electrons. The van der Waals surface area contributed by atoms with Crippen LogP contribution in [0, 0.1) is 5.92 Å². The van der Waals surface area contributed by atoms with E-state index in [9.17, 15) is 4.79 Å². The van der Waals surface area contributed by atoms with Crippen molar-refractivity contribution >= 4 is 22.6 Å². The zero-order valence-corrected chi connectivity index (χ0v) is 23.7. The van der Waals surface area contributed by atoms with Gasteiger partial charge >= 0.3 is 5.97 Å². The first-order valence-electron chi connectivity index (χ1n) is 11.5. The maximum Gasteiger partial charge on any atom is 0.302 e. The first-order chi connectivity index (χ1) is 13.4. The molecule has 0 spiro atoms. The van der Waals surface area contributed by atoms with Gasteiger partial charge in [-0.05, 0) is 48.6 Å². The molecule has 0 aromatic rings. The van der Waals surface area contributed by atoms with Gasteiger partial charge in [-0.1, -0.05) is 48.5 Å². The lowest BCUT2D eigenvalue weighted by atomic mass is 9.90. The Bertz CT molecular complexity index is 563. The van der Waals surface area contributed by atoms with Gasteiger partial charge in [0.15, 0.2) is 16.6 Å². The fourth-order valence-corrected chi connectivity index (χ4v) is 5.49. The highest BCUT2D eigenvalue weighted by molar-refractivity contribution is 6.74. The number of carbonyl (C=O) groups excluding carboxylic acids is 1. The molecule has 1 fully saturated rings. The van der Waals surface area contributed by atoms with Crippen LogP contribution in [0.5, 0.6) is 0 Å². The van der Waals surface area contributed by atoms with Crippen molar-refractivity contribution in [3.05, 3.63) is 0 Å². The Labute approximate surface area is 187 Å². The van der Waals surface area contributed by atoms with Crippen LogP contribution < -0.4 is 0 Å². The van der Waals surface area contributed by atoms with E-state index in [1.54, 1.807) is 0 Å². The van der Waals surface area contributed by atoms with Crippen LogP contribution in [-0.4, -0.2) is 54.1 Å². The lowest BCUT2D eigenvalue weighted by Gasteiger charge is -2.47. The second kappa shape index (κ2) is 10.2. The lowest BCUT2D eigenvalue weighted by Crippen LogP contribution is -2.54. The standard InChI is InChI=1S/C23H48O5Si2/c1-17-15-20(28-30(11,12)23(6,7)8)21(16-26-29(9,10)22(3,4)5)27-19(17)13-14-25-18(2)24/h17,19-21H,13-16H2,1-12H3/t17-,19-,20-,21+/m0/s1. The van der Waals surface area contributed by atoms with Gasteiger partial charge in [-0.25, -0.2) is 0 Å². The number of esters is 1. The minimum absolute atomic E-state index is 0.0376. The molecule has 0 N–H and O–H groups in total. The number of carbonyl (C=O) groups is 1. The van der Waals surface area contributed by atoms with Crippen LogP contribution in [0.2, 0.25) is 36.3 Å². The normalized spacial score (nSPS) is 26.5. The zero-order valence-electron chi connectivity index (χ0n) is 21.7. The summed E-state index contributed by atoms with van der Waals surface area (Å²) < 4.78 is 25.1. The highest BCUT2D eigenvalue weighted by Crippen LogP contribution is 2.41. The molecule has 7 heteroatoms. The molecule has 0 unspecified atom stereocenters. The number of ether oxygens (including phenoxy) is 2. The minimum Gasteiger partial charge on any atom is -0.466 e. The molecule has 1 rings (SSSR count). The lowest BCUT2D eigenvalue weighted by molar-refractivity contribution is -0.159. The summed E-state index contributed by atoms with van der Waals surface area (Å²) in [5, 5.41) is 0.298. The van der Waals surface area contributed by atoms with E-state index in [1.165, 1.54) is 6.92 Å². The predicted molar refractivity (Wildman–Crippen MR) is 129 cm³/mol. The largest absolute Gasteiger partial charge is 0.466 e. The number of hydrogen-bond acceptors (Lipinski definition) is 5. The van der Waals surface area contributed by atoms with Crippen molar-refractivity contribution in [1.82, 2.24) is 0 Å². The first-order valence-corrected chi connectivity index (χ1v) is 17.3. The second-order valence-electron chi connectivity index (χ2n) is 12.0. The summed E-state index contributed by atoms with van der Waals surface area (Å²) in [7, 11) is -3.82. The third-order valence-electron chi connectivity index (χ3n) is 7.38. The van der Waals surface area contributed by atoms with Crippen LogP contribution in [0.25, 0.3) is 0 Å². The fourth-order valence-electron chi connectivity index (χ4n) is 3.12. The van der Waals surface area contributed by atoms with Gasteiger partial charge in [0.2, 0.25) is 0 Å². The maximum atomic E-state index is 11.1. The second-order valence-corrected chi connectivity index (χ2v) is 21.6. The van der Waals surface area contributed by atoms with Crippen molar-refractivity contribution in [2.24, 2.45) is 5.92 Å². The SMILES string of the molecule is CC(=O)OCC[C@@H]1O[C@H](CO[Si](C)(C)C(C)(C)C)[C@@H](O[Si](C)(C)C(C)(C)C)C[C@@H]1C. The molecule has 1 aliphatic rings. The summed E-state index contributed by atoms with van der Waals surface area (Å²) in [6, 6.07) is 0. The maximum absolute atomic E-state index is 11.1. The highest BCUT2D eigenvalue weighted by atomic mass is 28.4. The van der Waals surface area contributed by atoms with Gasteiger partial charge in [-0.2, -0.15) is 0 Å². The molecule has 1 heterocycles. The Morgan fingerprint density at radius 1 is 0.967 bits per heavy atom.